The van der Waals surface area contributed by atoms with E-state index in [0.29, 0.717) is 6.54 Å². The lowest BCUT2D eigenvalue weighted by Gasteiger charge is -2.18. The van der Waals surface area contributed by atoms with Crippen LogP contribution in [0.2, 0.25) is 0 Å². The Morgan fingerprint density at radius 3 is 2.45 bits per heavy atom. The van der Waals surface area contributed by atoms with Crippen molar-refractivity contribution >= 4 is 5.69 Å². The number of nitrogens with two attached hydrogens (primary N) is 1. The summed E-state index contributed by atoms with van der Waals surface area (Å²) in [5, 5.41) is 0. The predicted octanol–water partition coefficient (Wildman–Crippen LogP) is 3.05. The van der Waals surface area contributed by atoms with E-state index >= 15 is 0 Å². The number of para-hydroxylation sites is 1. The van der Waals surface area contributed by atoms with Gasteiger partial charge in [-0.2, -0.15) is 0 Å². The van der Waals surface area contributed by atoms with Gasteiger partial charge in [-0.1, -0.05) is 24.3 Å². The third kappa shape index (κ3) is 3.48. The molecule has 2 rings (SSSR count). The van der Waals surface area contributed by atoms with Crippen LogP contribution >= 0.6 is 0 Å². The third-order valence-electron chi connectivity index (χ3n) is 3.20. The Hall–Kier alpha value is -2.07. The fraction of sp³-hybridized carbons (Fsp3) is 0.250. The SMILES string of the molecule is COc1ccc(CN(C)Cc2cccc(F)c2N)cc1. The lowest BCUT2D eigenvalue weighted by Crippen LogP contribution is -2.18. The molecule has 2 N–H and O–H groups in total. The van der Waals surface area contributed by atoms with Crippen LogP contribution in [-0.4, -0.2) is 19.1 Å². The summed E-state index contributed by atoms with van der Waals surface area (Å²) in [6, 6.07) is 12.8. The van der Waals surface area contributed by atoms with Crippen molar-refractivity contribution < 1.29 is 9.13 Å². The first-order chi connectivity index (χ1) is 9.60. The number of hydrogen-bond acceptors (Lipinski definition) is 3. The Kier molecular flexibility index (Phi) is 4.58. The minimum Gasteiger partial charge on any atom is -0.497 e. The van der Waals surface area contributed by atoms with Crippen molar-refractivity contribution in [2.75, 3.05) is 19.9 Å². The van der Waals surface area contributed by atoms with Crippen molar-refractivity contribution in [2.45, 2.75) is 13.1 Å². The average Bonchev–Trinajstić information content (AvgIpc) is 2.45. The van der Waals surface area contributed by atoms with Gasteiger partial charge in [0.25, 0.3) is 0 Å². The van der Waals surface area contributed by atoms with E-state index in [1.165, 1.54) is 11.6 Å². The topological polar surface area (TPSA) is 38.5 Å². The molecule has 0 spiro atoms. The fourth-order valence-corrected chi connectivity index (χ4v) is 2.11. The zero-order valence-electron chi connectivity index (χ0n) is 11.8. The van der Waals surface area contributed by atoms with Crippen LogP contribution in [0, 0.1) is 5.82 Å². The maximum atomic E-state index is 13.4. The summed E-state index contributed by atoms with van der Waals surface area (Å²) in [6.45, 7) is 1.37. The monoisotopic (exact) mass is 274 g/mol. The molecule has 0 heterocycles. The number of halogens is 1. The molecule has 0 aliphatic rings. The van der Waals surface area contributed by atoms with Gasteiger partial charge in [0.1, 0.15) is 11.6 Å². The third-order valence-corrected chi connectivity index (χ3v) is 3.20. The number of ether oxygens (including phenoxy) is 1. The predicted molar refractivity (Wildman–Crippen MR) is 79.0 cm³/mol. The number of nitrogens with zero attached hydrogens (tertiary/aromatic N) is 1. The number of anilines is 1. The van der Waals surface area contributed by atoms with Crippen LogP contribution < -0.4 is 10.5 Å². The van der Waals surface area contributed by atoms with Gasteiger partial charge in [0.05, 0.1) is 12.8 Å². The lowest BCUT2D eigenvalue weighted by molar-refractivity contribution is 0.319. The summed E-state index contributed by atoms with van der Waals surface area (Å²) < 4.78 is 18.5. The molecule has 0 aliphatic carbocycles. The molecule has 0 bridgehead atoms. The summed E-state index contributed by atoms with van der Waals surface area (Å²) >= 11 is 0. The quantitative estimate of drug-likeness (QED) is 0.852. The van der Waals surface area contributed by atoms with Crippen LogP contribution in [0.1, 0.15) is 11.1 Å². The van der Waals surface area contributed by atoms with Gasteiger partial charge < -0.3 is 10.5 Å². The highest BCUT2D eigenvalue weighted by Gasteiger charge is 2.07. The minimum atomic E-state index is -0.361. The van der Waals surface area contributed by atoms with Crippen molar-refractivity contribution in [1.29, 1.82) is 0 Å². The largest absolute Gasteiger partial charge is 0.497 e. The van der Waals surface area contributed by atoms with Crippen LogP contribution in [0.3, 0.4) is 0 Å². The molecule has 0 atom stereocenters. The first kappa shape index (κ1) is 14.3. The Morgan fingerprint density at radius 2 is 1.80 bits per heavy atom. The lowest BCUT2D eigenvalue weighted by atomic mass is 10.1. The van der Waals surface area contributed by atoms with E-state index < -0.39 is 0 Å². The number of nitrogen functional groups attached to an aromatic ring is 1. The molecule has 0 radical (unpaired) electrons. The molecule has 106 valence electrons. The van der Waals surface area contributed by atoms with Gasteiger partial charge in [-0.25, -0.2) is 4.39 Å². The normalized spacial score (nSPS) is 10.8. The van der Waals surface area contributed by atoms with E-state index in [-0.39, 0.29) is 11.5 Å². The van der Waals surface area contributed by atoms with E-state index in [1.54, 1.807) is 13.2 Å². The first-order valence-electron chi connectivity index (χ1n) is 6.44. The Labute approximate surface area is 118 Å². The molecule has 20 heavy (non-hydrogen) atoms. The van der Waals surface area contributed by atoms with Crippen LogP contribution in [0.15, 0.2) is 42.5 Å². The molecular weight excluding hydrogens is 255 g/mol. The highest BCUT2D eigenvalue weighted by Crippen LogP contribution is 2.18. The van der Waals surface area contributed by atoms with Crippen molar-refractivity contribution in [2.24, 2.45) is 0 Å². The van der Waals surface area contributed by atoms with E-state index in [0.717, 1.165) is 17.9 Å². The van der Waals surface area contributed by atoms with Gasteiger partial charge in [0.2, 0.25) is 0 Å². The Morgan fingerprint density at radius 1 is 1.10 bits per heavy atom. The molecular formula is C16H19FN2O. The number of benzene rings is 2. The fourth-order valence-electron chi connectivity index (χ4n) is 2.11. The molecule has 0 unspecified atom stereocenters. The Balaban J connectivity index is 2.01. The molecule has 3 nitrogen and oxygen atoms in total. The summed E-state index contributed by atoms with van der Waals surface area (Å²) in [4.78, 5) is 2.09. The van der Waals surface area contributed by atoms with Gasteiger partial charge in [-0.05, 0) is 36.4 Å². The molecule has 0 saturated carbocycles. The van der Waals surface area contributed by atoms with Crippen LogP contribution in [0.4, 0.5) is 10.1 Å². The molecule has 0 amide bonds. The van der Waals surface area contributed by atoms with Crippen molar-refractivity contribution in [3.63, 3.8) is 0 Å². The van der Waals surface area contributed by atoms with Gasteiger partial charge in [0, 0.05) is 13.1 Å². The summed E-state index contributed by atoms with van der Waals surface area (Å²) in [5.41, 5.74) is 7.95. The molecule has 0 aromatic heterocycles. The smallest absolute Gasteiger partial charge is 0.146 e. The van der Waals surface area contributed by atoms with Gasteiger partial charge >= 0.3 is 0 Å². The van der Waals surface area contributed by atoms with E-state index in [2.05, 4.69) is 4.90 Å². The molecule has 0 aliphatic heterocycles. The maximum absolute atomic E-state index is 13.4. The summed E-state index contributed by atoms with van der Waals surface area (Å²) in [5.74, 6) is 0.478. The standard InChI is InChI=1S/C16H19FN2O/c1-19(10-12-6-8-14(20-2)9-7-12)11-13-4-3-5-15(17)16(13)18/h3-9H,10-11,18H2,1-2H3. The minimum absolute atomic E-state index is 0.231. The van der Waals surface area contributed by atoms with Gasteiger partial charge in [0.15, 0.2) is 0 Å². The van der Waals surface area contributed by atoms with Crippen molar-refractivity contribution in [3.8, 4) is 5.75 Å². The second-order valence-corrected chi connectivity index (χ2v) is 4.83. The summed E-state index contributed by atoms with van der Waals surface area (Å²) in [7, 11) is 3.63. The number of rotatable bonds is 5. The first-order valence-corrected chi connectivity index (χ1v) is 6.44. The molecule has 0 saturated heterocycles. The van der Waals surface area contributed by atoms with Crippen LogP contribution in [0.25, 0.3) is 0 Å². The highest BCUT2D eigenvalue weighted by molar-refractivity contribution is 5.47. The van der Waals surface area contributed by atoms with Crippen LogP contribution in [0.5, 0.6) is 5.75 Å². The van der Waals surface area contributed by atoms with Gasteiger partial charge in [-0.15, -0.1) is 0 Å². The average molecular weight is 274 g/mol. The van der Waals surface area contributed by atoms with Crippen LogP contribution in [-0.2, 0) is 13.1 Å². The maximum Gasteiger partial charge on any atom is 0.146 e. The molecule has 2 aromatic carbocycles. The Bertz CT molecular complexity index is 569. The zero-order valence-corrected chi connectivity index (χ0v) is 11.8. The summed E-state index contributed by atoms with van der Waals surface area (Å²) in [6.07, 6.45) is 0. The number of methoxy groups -OCH3 is 1. The second-order valence-electron chi connectivity index (χ2n) is 4.83. The van der Waals surface area contributed by atoms with Crippen molar-refractivity contribution in [3.05, 3.63) is 59.4 Å². The van der Waals surface area contributed by atoms with E-state index in [4.69, 9.17) is 10.5 Å². The molecule has 0 fully saturated rings. The second kappa shape index (κ2) is 6.39. The zero-order chi connectivity index (χ0) is 14.5. The molecule has 2 aromatic rings. The van der Waals surface area contributed by atoms with E-state index in [9.17, 15) is 4.39 Å². The number of hydrogen-bond donors (Lipinski definition) is 1. The van der Waals surface area contributed by atoms with E-state index in [1.807, 2.05) is 37.4 Å². The molecule has 4 heteroatoms. The highest BCUT2D eigenvalue weighted by atomic mass is 19.1. The van der Waals surface area contributed by atoms with Gasteiger partial charge in [-0.3, -0.25) is 4.90 Å². The van der Waals surface area contributed by atoms with Crippen molar-refractivity contribution in [1.82, 2.24) is 4.90 Å².